The maximum absolute atomic E-state index is 12.0. The van der Waals surface area contributed by atoms with Crippen LogP contribution >= 0.6 is 11.8 Å². The molecule has 4 nitrogen and oxygen atoms in total. The van der Waals surface area contributed by atoms with Crippen molar-refractivity contribution in [3.63, 3.8) is 0 Å². The molecule has 1 aromatic carbocycles. The third-order valence-corrected chi connectivity index (χ3v) is 4.36. The Labute approximate surface area is 118 Å². The molecule has 1 saturated heterocycles. The van der Waals surface area contributed by atoms with Crippen molar-refractivity contribution in [3.8, 4) is 0 Å². The Hall–Kier alpha value is -1.20. The van der Waals surface area contributed by atoms with Gasteiger partial charge >= 0.3 is 0 Å². The summed E-state index contributed by atoms with van der Waals surface area (Å²) < 4.78 is 0.236. The fourth-order valence-corrected chi connectivity index (χ4v) is 3.40. The number of carbonyl (C=O) groups is 1. The lowest BCUT2D eigenvalue weighted by molar-refractivity contribution is -0.117. The van der Waals surface area contributed by atoms with Gasteiger partial charge in [-0.1, -0.05) is 0 Å². The minimum atomic E-state index is 0.0347. The lowest BCUT2D eigenvalue weighted by atomic mass is 10.2. The summed E-state index contributed by atoms with van der Waals surface area (Å²) >= 11 is 1.97. The van der Waals surface area contributed by atoms with E-state index in [9.17, 15) is 4.79 Å². The minimum Gasteiger partial charge on any atom is -0.399 e. The molecule has 0 atom stereocenters. The van der Waals surface area contributed by atoms with Crippen molar-refractivity contribution in [2.45, 2.75) is 18.6 Å². The number of amides is 1. The summed E-state index contributed by atoms with van der Waals surface area (Å²) in [6.45, 7) is 6.83. The molecular formula is C14H21N3OS. The van der Waals surface area contributed by atoms with Gasteiger partial charge in [-0.25, -0.2) is 0 Å². The largest absolute Gasteiger partial charge is 0.399 e. The van der Waals surface area contributed by atoms with Gasteiger partial charge in [-0.15, -0.1) is 0 Å². The molecule has 104 valence electrons. The molecule has 1 fully saturated rings. The third-order valence-electron chi connectivity index (χ3n) is 3.07. The van der Waals surface area contributed by atoms with Gasteiger partial charge < -0.3 is 11.1 Å². The van der Waals surface area contributed by atoms with Gasteiger partial charge in [-0.3, -0.25) is 9.69 Å². The Bertz CT molecular complexity index is 445. The maximum atomic E-state index is 12.0. The van der Waals surface area contributed by atoms with Crippen LogP contribution in [0.25, 0.3) is 0 Å². The Morgan fingerprint density at radius 2 is 2.11 bits per heavy atom. The topological polar surface area (TPSA) is 58.4 Å². The zero-order chi connectivity index (χ0) is 13.9. The van der Waals surface area contributed by atoms with E-state index in [1.807, 2.05) is 23.9 Å². The number of benzene rings is 1. The molecule has 1 heterocycles. The number of rotatable bonds is 3. The first kappa shape index (κ1) is 14.2. The van der Waals surface area contributed by atoms with E-state index in [1.54, 1.807) is 12.1 Å². The van der Waals surface area contributed by atoms with Gasteiger partial charge in [0, 0.05) is 35.0 Å². The molecule has 1 aromatic rings. The first-order chi connectivity index (χ1) is 8.94. The number of carbonyl (C=O) groups excluding carboxylic acids is 1. The SMILES string of the molecule is CC1(C)CN(CC(=O)Nc2ccc(N)cc2)CCS1. The van der Waals surface area contributed by atoms with E-state index in [-0.39, 0.29) is 10.7 Å². The average molecular weight is 279 g/mol. The second-order valence-electron chi connectivity index (χ2n) is 5.49. The Morgan fingerprint density at radius 1 is 1.42 bits per heavy atom. The molecule has 0 aromatic heterocycles. The standard InChI is InChI=1S/C14H21N3OS/c1-14(2)10-17(7-8-19-14)9-13(18)16-12-5-3-11(15)4-6-12/h3-6H,7-10,15H2,1-2H3,(H,16,18). The predicted octanol–water partition coefficient (Wildman–Crippen LogP) is 2.03. The van der Waals surface area contributed by atoms with Gasteiger partial charge in [-0.05, 0) is 38.1 Å². The van der Waals surface area contributed by atoms with E-state index >= 15 is 0 Å². The Morgan fingerprint density at radius 3 is 2.74 bits per heavy atom. The zero-order valence-electron chi connectivity index (χ0n) is 11.5. The number of thioether (sulfide) groups is 1. The van der Waals surface area contributed by atoms with Crippen LogP contribution in [-0.4, -0.2) is 40.9 Å². The molecular weight excluding hydrogens is 258 g/mol. The van der Waals surface area contributed by atoms with Crippen molar-refractivity contribution < 1.29 is 4.79 Å². The Kier molecular flexibility index (Phi) is 4.37. The van der Waals surface area contributed by atoms with Crippen LogP contribution in [0.15, 0.2) is 24.3 Å². The van der Waals surface area contributed by atoms with Crippen molar-refractivity contribution in [3.05, 3.63) is 24.3 Å². The smallest absolute Gasteiger partial charge is 0.238 e. The van der Waals surface area contributed by atoms with E-state index in [0.717, 1.165) is 24.5 Å². The summed E-state index contributed by atoms with van der Waals surface area (Å²) in [5.74, 6) is 1.12. The third kappa shape index (κ3) is 4.44. The molecule has 1 aliphatic rings. The van der Waals surface area contributed by atoms with E-state index in [2.05, 4.69) is 24.1 Å². The Balaban J connectivity index is 1.85. The highest BCUT2D eigenvalue weighted by Gasteiger charge is 2.27. The van der Waals surface area contributed by atoms with Crippen LogP contribution < -0.4 is 11.1 Å². The normalized spacial score (nSPS) is 19.1. The molecule has 1 aliphatic heterocycles. The highest BCUT2D eigenvalue weighted by atomic mass is 32.2. The van der Waals surface area contributed by atoms with Gasteiger partial charge in [0.25, 0.3) is 0 Å². The van der Waals surface area contributed by atoms with Crippen molar-refractivity contribution >= 4 is 29.0 Å². The van der Waals surface area contributed by atoms with E-state index in [0.29, 0.717) is 12.2 Å². The lowest BCUT2D eigenvalue weighted by Crippen LogP contribution is -2.46. The summed E-state index contributed by atoms with van der Waals surface area (Å²) in [6, 6.07) is 7.22. The first-order valence-electron chi connectivity index (χ1n) is 6.46. The van der Waals surface area contributed by atoms with Crippen LogP contribution in [0.5, 0.6) is 0 Å². The molecule has 0 bridgehead atoms. The second-order valence-corrected chi connectivity index (χ2v) is 7.29. The van der Waals surface area contributed by atoms with Gasteiger partial charge in [0.05, 0.1) is 6.54 Å². The van der Waals surface area contributed by atoms with Crippen molar-refractivity contribution in [1.82, 2.24) is 4.90 Å². The summed E-state index contributed by atoms with van der Waals surface area (Å²) in [5.41, 5.74) is 7.11. The molecule has 0 aliphatic carbocycles. The number of anilines is 2. The highest BCUT2D eigenvalue weighted by molar-refractivity contribution is 8.00. The number of nitrogens with zero attached hydrogens (tertiary/aromatic N) is 1. The van der Waals surface area contributed by atoms with Crippen LogP contribution in [0.4, 0.5) is 11.4 Å². The molecule has 0 spiro atoms. The minimum absolute atomic E-state index is 0.0347. The van der Waals surface area contributed by atoms with Crippen molar-refractivity contribution in [2.75, 3.05) is 36.4 Å². The number of hydrogen-bond donors (Lipinski definition) is 2. The molecule has 0 radical (unpaired) electrons. The molecule has 1 amide bonds. The van der Waals surface area contributed by atoms with E-state index < -0.39 is 0 Å². The first-order valence-corrected chi connectivity index (χ1v) is 7.45. The number of nitrogen functional groups attached to an aromatic ring is 1. The molecule has 5 heteroatoms. The average Bonchev–Trinajstić information content (AvgIpc) is 2.30. The quantitative estimate of drug-likeness (QED) is 0.831. The number of nitrogens with one attached hydrogen (secondary N) is 1. The molecule has 0 saturated carbocycles. The summed E-state index contributed by atoms with van der Waals surface area (Å²) in [4.78, 5) is 14.2. The van der Waals surface area contributed by atoms with Gasteiger partial charge in [0.2, 0.25) is 5.91 Å². The number of hydrogen-bond acceptors (Lipinski definition) is 4. The van der Waals surface area contributed by atoms with E-state index in [1.165, 1.54) is 0 Å². The maximum Gasteiger partial charge on any atom is 0.238 e. The number of nitrogens with two attached hydrogens (primary N) is 1. The van der Waals surface area contributed by atoms with Gasteiger partial charge in [0.1, 0.15) is 0 Å². The van der Waals surface area contributed by atoms with Crippen LogP contribution in [0.3, 0.4) is 0 Å². The van der Waals surface area contributed by atoms with Crippen LogP contribution in [0, 0.1) is 0 Å². The monoisotopic (exact) mass is 279 g/mol. The second kappa shape index (κ2) is 5.84. The molecule has 0 unspecified atom stereocenters. The fraction of sp³-hybridized carbons (Fsp3) is 0.500. The van der Waals surface area contributed by atoms with Crippen molar-refractivity contribution in [2.24, 2.45) is 0 Å². The molecule has 2 rings (SSSR count). The van der Waals surface area contributed by atoms with E-state index in [4.69, 9.17) is 5.73 Å². The fourth-order valence-electron chi connectivity index (χ4n) is 2.22. The van der Waals surface area contributed by atoms with Crippen molar-refractivity contribution in [1.29, 1.82) is 0 Å². The molecule has 19 heavy (non-hydrogen) atoms. The zero-order valence-corrected chi connectivity index (χ0v) is 12.3. The summed E-state index contributed by atoms with van der Waals surface area (Å²) in [5, 5.41) is 2.90. The summed E-state index contributed by atoms with van der Waals surface area (Å²) in [6.07, 6.45) is 0. The molecule has 3 N–H and O–H groups in total. The highest BCUT2D eigenvalue weighted by Crippen LogP contribution is 2.29. The van der Waals surface area contributed by atoms with Crippen LogP contribution in [-0.2, 0) is 4.79 Å². The van der Waals surface area contributed by atoms with Crippen LogP contribution in [0.1, 0.15) is 13.8 Å². The van der Waals surface area contributed by atoms with Crippen LogP contribution in [0.2, 0.25) is 0 Å². The van der Waals surface area contributed by atoms with Gasteiger partial charge in [-0.2, -0.15) is 11.8 Å². The summed E-state index contributed by atoms with van der Waals surface area (Å²) in [7, 11) is 0. The predicted molar refractivity (Wildman–Crippen MR) is 82.5 cm³/mol. The lowest BCUT2D eigenvalue weighted by Gasteiger charge is -2.37. The van der Waals surface area contributed by atoms with Gasteiger partial charge in [0.15, 0.2) is 0 Å².